The van der Waals surface area contributed by atoms with Crippen LogP contribution >= 0.6 is 23.1 Å². The van der Waals surface area contributed by atoms with Gasteiger partial charge >= 0.3 is 0 Å². The molecule has 3 aromatic heterocycles. The second kappa shape index (κ2) is 8.11. The van der Waals surface area contributed by atoms with Crippen LogP contribution in [0.1, 0.15) is 36.8 Å². The number of rotatable bonds is 5. The maximum Gasteiger partial charge on any atom is 0.253 e. The zero-order valence-electron chi connectivity index (χ0n) is 15.9. The first-order valence-corrected chi connectivity index (χ1v) is 11.4. The van der Waals surface area contributed by atoms with Gasteiger partial charge in [-0.1, -0.05) is 23.1 Å². The van der Waals surface area contributed by atoms with Crippen LogP contribution < -0.4 is 5.73 Å². The van der Waals surface area contributed by atoms with Crippen LogP contribution in [0.4, 0.5) is 5.13 Å². The molecule has 30 heavy (non-hydrogen) atoms. The van der Waals surface area contributed by atoms with E-state index >= 15 is 0 Å². The van der Waals surface area contributed by atoms with E-state index in [1.54, 1.807) is 17.5 Å². The number of nitrogens with two attached hydrogens (primary N) is 1. The molecule has 1 saturated carbocycles. The summed E-state index contributed by atoms with van der Waals surface area (Å²) < 4.78 is 11.9. The minimum absolute atomic E-state index is 0.0947. The van der Waals surface area contributed by atoms with E-state index in [4.69, 9.17) is 19.7 Å². The molecule has 0 bridgehead atoms. The number of amides is 1. The van der Waals surface area contributed by atoms with E-state index in [-0.39, 0.29) is 23.6 Å². The molecule has 8 nitrogen and oxygen atoms in total. The number of nitrogen functional groups attached to an aromatic ring is 1. The Morgan fingerprint density at radius 3 is 2.90 bits per heavy atom. The molecule has 0 aromatic carbocycles. The molecular weight excluding hydrogens is 422 g/mol. The summed E-state index contributed by atoms with van der Waals surface area (Å²) in [6.07, 6.45) is 8.19. The van der Waals surface area contributed by atoms with Gasteiger partial charge in [-0.3, -0.25) is 4.79 Å². The van der Waals surface area contributed by atoms with Gasteiger partial charge in [-0.05, 0) is 55.2 Å². The highest BCUT2D eigenvalue weighted by molar-refractivity contribution is 8.01. The van der Waals surface area contributed by atoms with Crippen molar-refractivity contribution in [2.24, 2.45) is 11.0 Å². The molecule has 1 aliphatic heterocycles. The molecule has 0 spiro atoms. The van der Waals surface area contributed by atoms with Crippen molar-refractivity contribution in [1.82, 2.24) is 15.2 Å². The zero-order chi connectivity index (χ0) is 20.5. The number of hydrazone groups is 1. The minimum Gasteiger partial charge on any atom is -0.467 e. The highest BCUT2D eigenvalue weighted by Crippen LogP contribution is 2.44. The molecule has 2 N–H and O–H groups in total. The Hall–Kier alpha value is -2.85. The van der Waals surface area contributed by atoms with E-state index in [1.807, 2.05) is 30.3 Å². The number of carbonyl (C=O) groups excluding carboxylic acids is 1. The molecule has 2 atom stereocenters. The van der Waals surface area contributed by atoms with E-state index in [1.165, 1.54) is 23.1 Å². The lowest BCUT2D eigenvalue weighted by atomic mass is 9.79. The molecule has 1 aliphatic carbocycles. The average molecular weight is 442 g/mol. The molecule has 2 aliphatic rings. The summed E-state index contributed by atoms with van der Waals surface area (Å²) in [5.74, 6) is 1.73. The molecule has 1 fully saturated rings. The third kappa shape index (κ3) is 3.68. The third-order valence-corrected chi connectivity index (χ3v) is 7.06. The van der Waals surface area contributed by atoms with E-state index in [2.05, 4.69) is 10.2 Å². The minimum atomic E-state index is -0.247. The Bertz CT molecular complexity index is 1090. The van der Waals surface area contributed by atoms with Crippen molar-refractivity contribution in [2.45, 2.75) is 29.6 Å². The van der Waals surface area contributed by atoms with Crippen molar-refractivity contribution in [2.75, 3.05) is 11.5 Å². The fourth-order valence-corrected chi connectivity index (χ4v) is 5.45. The lowest BCUT2D eigenvalue weighted by Crippen LogP contribution is -2.32. The Morgan fingerprint density at radius 2 is 2.17 bits per heavy atom. The summed E-state index contributed by atoms with van der Waals surface area (Å²) in [6.45, 7) is 0. The average Bonchev–Trinajstić information content (AvgIpc) is 3.52. The summed E-state index contributed by atoms with van der Waals surface area (Å²) in [7, 11) is 0. The molecule has 5 rings (SSSR count). The Morgan fingerprint density at radius 1 is 1.30 bits per heavy atom. The van der Waals surface area contributed by atoms with Crippen LogP contribution in [-0.2, 0) is 4.79 Å². The molecule has 3 aromatic rings. The number of furan rings is 2. The van der Waals surface area contributed by atoms with Gasteiger partial charge in [0.2, 0.25) is 5.13 Å². The zero-order valence-corrected chi connectivity index (χ0v) is 17.6. The third-order valence-electron chi connectivity index (χ3n) is 5.19. The molecule has 1 amide bonds. The van der Waals surface area contributed by atoms with Crippen LogP contribution in [0.3, 0.4) is 0 Å². The molecule has 4 heterocycles. The number of aromatic nitrogens is 2. The number of allylic oxidation sites excluding steroid dienone is 1. The first-order valence-electron chi connectivity index (χ1n) is 9.59. The predicted octanol–water partition coefficient (Wildman–Crippen LogP) is 4.22. The Labute approximate surface area is 180 Å². The first-order chi connectivity index (χ1) is 14.7. The Kier molecular flexibility index (Phi) is 5.17. The quantitative estimate of drug-likeness (QED) is 0.590. The van der Waals surface area contributed by atoms with E-state index < -0.39 is 0 Å². The van der Waals surface area contributed by atoms with Gasteiger partial charge in [0, 0.05) is 5.92 Å². The lowest BCUT2D eigenvalue weighted by molar-refractivity contribution is -0.131. The molecular formula is C20H19N5O3S2. The lowest BCUT2D eigenvalue weighted by Gasteiger charge is -2.27. The number of anilines is 1. The number of carbonyl (C=O) groups is 1. The van der Waals surface area contributed by atoms with Crippen molar-refractivity contribution >= 4 is 45.9 Å². The molecule has 0 radical (unpaired) electrons. The summed E-state index contributed by atoms with van der Waals surface area (Å²) >= 11 is 2.58. The van der Waals surface area contributed by atoms with Gasteiger partial charge in [0.15, 0.2) is 4.34 Å². The van der Waals surface area contributed by atoms with Gasteiger partial charge in [-0.2, -0.15) is 5.10 Å². The van der Waals surface area contributed by atoms with Crippen LogP contribution in [0.2, 0.25) is 0 Å². The standard InChI is InChI=1S/C20H19N5O3S2/c21-19-22-23-20(30-19)29-11-16(26)25-18(15-7-3-9-28-15)14-6-1-4-12(17(14)24-25)10-13-5-2-8-27-13/h2-3,5,7-10,14,18H,1,4,6,11H2,(H2,21,22)/b12-10-. The number of thioether (sulfide) groups is 1. The topological polar surface area (TPSA) is 111 Å². The van der Waals surface area contributed by atoms with Gasteiger partial charge < -0.3 is 14.6 Å². The molecule has 154 valence electrons. The number of hydrogen-bond acceptors (Lipinski definition) is 9. The van der Waals surface area contributed by atoms with Crippen LogP contribution in [0.15, 0.2) is 60.6 Å². The number of fused-ring (bicyclic) bond motifs is 1. The van der Waals surface area contributed by atoms with Crippen LogP contribution in [-0.4, -0.2) is 32.6 Å². The summed E-state index contributed by atoms with van der Waals surface area (Å²) in [6, 6.07) is 7.29. The summed E-state index contributed by atoms with van der Waals surface area (Å²) in [5.41, 5.74) is 7.68. The van der Waals surface area contributed by atoms with Crippen LogP contribution in [0.5, 0.6) is 0 Å². The van der Waals surface area contributed by atoms with Crippen molar-refractivity contribution in [1.29, 1.82) is 0 Å². The van der Waals surface area contributed by atoms with E-state index in [0.29, 0.717) is 9.47 Å². The van der Waals surface area contributed by atoms with Gasteiger partial charge in [-0.25, -0.2) is 5.01 Å². The second-order valence-corrected chi connectivity index (χ2v) is 9.29. The number of hydrogen-bond donors (Lipinski definition) is 1. The SMILES string of the molecule is Nc1nnc(SCC(=O)N2N=C3/C(=C\c4ccco4)CCCC3C2c2ccco2)s1. The van der Waals surface area contributed by atoms with Gasteiger partial charge in [-0.15, -0.1) is 10.2 Å². The highest BCUT2D eigenvalue weighted by Gasteiger charge is 2.45. The predicted molar refractivity (Wildman–Crippen MR) is 115 cm³/mol. The molecule has 0 saturated heterocycles. The van der Waals surface area contributed by atoms with Crippen molar-refractivity contribution in [3.63, 3.8) is 0 Å². The largest absolute Gasteiger partial charge is 0.467 e. The van der Waals surface area contributed by atoms with Gasteiger partial charge in [0.1, 0.15) is 17.6 Å². The number of nitrogens with zero attached hydrogens (tertiary/aromatic N) is 4. The second-order valence-electron chi connectivity index (χ2n) is 7.06. The smallest absolute Gasteiger partial charge is 0.253 e. The van der Waals surface area contributed by atoms with E-state index in [0.717, 1.165) is 42.1 Å². The normalized spacial score (nSPS) is 22.3. The molecule has 10 heteroatoms. The molecule has 2 unspecified atom stereocenters. The van der Waals surface area contributed by atoms with Gasteiger partial charge in [0.05, 0.1) is 24.0 Å². The summed E-state index contributed by atoms with van der Waals surface area (Å²) in [4.78, 5) is 13.1. The maximum absolute atomic E-state index is 13.1. The van der Waals surface area contributed by atoms with Crippen LogP contribution in [0.25, 0.3) is 6.08 Å². The highest BCUT2D eigenvalue weighted by atomic mass is 32.2. The van der Waals surface area contributed by atoms with Crippen molar-refractivity contribution in [3.05, 3.63) is 53.9 Å². The first kappa shape index (κ1) is 19.1. The van der Waals surface area contributed by atoms with Crippen molar-refractivity contribution < 1.29 is 13.6 Å². The Balaban J connectivity index is 1.44. The van der Waals surface area contributed by atoms with Gasteiger partial charge in [0.25, 0.3) is 5.91 Å². The fourth-order valence-electron chi connectivity index (χ4n) is 3.96. The van der Waals surface area contributed by atoms with Crippen LogP contribution in [0, 0.1) is 5.92 Å². The van der Waals surface area contributed by atoms with E-state index in [9.17, 15) is 4.79 Å². The monoisotopic (exact) mass is 441 g/mol. The van der Waals surface area contributed by atoms with Crippen molar-refractivity contribution in [3.8, 4) is 0 Å². The summed E-state index contributed by atoms with van der Waals surface area (Å²) in [5, 5.41) is 14.5. The fraction of sp³-hybridized carbons (Fsp3) is 0.300. The maximum atomic E-state index is 13.1.